The summed E-state index contributed by atoms with van der Waals surface area (Å²) in [5.41, 5.74) is 3.21. The van der Waals surface area contributed by atoms with Crippen LogP contribution in [0.4, 0.5) is 0 Å². The summed E-state index contributed by atoms with van der Waals surface area (Å²) in [7, 11) is -1.49. The van der Waals surface area contributed by atoms with Crippen LogP contribution >= 0.6 is 0 Å². The van der Waals surface area contributed by atoms with Gasteiger partial charge in [-0.25, -0.2) is 0 Å². The molecule has 2 aliphatic heterocycles. The zero-order valence-electron chi connectivity index (χ0n) is 12.8. The Kier molecular flexibility index (Phi) is 3.28. The zero-order chi connectivity index (χ0) is 14.7. The third-order valence-electron chi connectivity index (χ3n) is 3.80. The molecule has 0 fully saturated rings. The van der Waals surface area contributed by atoms with Crippen LogP contribution in [0.2, 0.25) is 19.6 Å². The van der Waals surface area contributed by atoms with Crippen molar-refractivity contribution < 1.29 is 3.51 Å². The van der Waals surface area contributed by atoms with Crippen LogP contribution in [0.1, 0.15) is 11.1 Å². The van der Waals surface area contributed by atoms with Crippen LogP contribution in [0, 0.1) is 0 Å². The van der Waals surface area contributed by atoms with E-state index >= 15 is 0 Å². The monoisotopic (exact) mass is 429 g/mol. The SMILES string of the molecule is C[Si](C)(C)O[Se]12Cc3ccccc3[Se+]1c1ccccc1C2. The van der Waals surface area contributed by atoms with Crippen molar-refractivity contribution in [2.24, 2.45) is 0 Å². The molecule has 0 aromatic heterocycles. The molecule has 4 rings (SSSR count). The van der Waals surface area contributed by atoms with Gasteiger partial charge in [-0.05, 0) is 0 Å². The first-order valence-electron chi connectivity index (χ1n) is 7.38. The van der Waals surface area contributed by atoms with Crippen molar-refractivity contribution in [3.05, 3.63) is 59.7 Å². The quantitative estimate of drug-likeness (QED) is 0.669. The minimum absolute atomic E-state index is 0.936. The fourth-order valence-electron chi connectivity index (χ4n) is 3.24. The summed E-state index contributed by atoms with van der Waals surface area (Å²) < 4.78 is 10.4. The summed E-state index contributed by atoms with van der Waals surface area (Å²) in [6.45, 7) is 7.11. The summed E-state index contributed by atoms with van der Waals surface area (Å²) in [5.74, 6) is 0. The standard InChI is InChI=1S/C17H21OSe2Si/c1-21(2,3)18-20-12-14-8-4-6-10-16(14)19(20)17-11-7-5-9-15(17)13-20/h4-11H,12-13H2,1-3H3/q+1. The second kappa shape index (κ2) is 4.82. The van der Waals surface area contributed by atoms with Crippen molar-refractivity contribution >= 4 is 40.7 Å². The van der Waals surface area contributed by atoms with Crippen molar-refractivity contribution in [3.63, 3.8) is 0 Å². The molecule has 0 amide bonds. The second-order valence-corrected chi connectivity index (χ2v) is 29.7. The summed E-state index contributed by atoms with van der Waals surface area (Å²) in [4.78, 5) is 0. The van der Waals surface area contributed by atoms with E-state index in [1.165, 1.54) is 10.6 Å². The van der Waals surface area contributed by atoms with E-state index in [4.69, 9.17) is 3.51 Å². The van der Waals surface area contributed by atoms with E-state index in [0.29, 0.717) is 0 Å². The Morgan fingerprint density at radius 3 is 1.81 bits per heavy atom. The van der Waals surface area contributed by atoms with E-state index in [1.807, 2.05) is 0 Å². The number of hydrogen-bond donors (Lipinski definition) is 0. The first kappa shape index (κ1) is 14.3. The molecule has 110 valence electrons. The molecule has 0 saturated carbocycles. The average molecular weight is 427 g/mol. The van der Waals surface area contributed by atoms with Gasteiger partial charge in [-0.2, -0.15) is 0 Å². The number of rotatable bonds is 2. The van der Waals surface area contributed by atoms with Crippen LogP contribution in [-0.4, -0.2) is 31.7 Å². The van der Waals surface area contributed by atoms with Crippen LogP contribution in [0.3, 0.4) is 0 Å². The predicted molar refractivity (Wildman–Crippen MR) is 95.5 cm³/mol. The van der Waals surface area contributed by atoms with Crippen molar-refractivity contribution in [1.29, 1.82) is 0 Å². The van der Waals surface area contributed by atoms with Crippen molar-refractivity contribution in [2.45, 2.75) is 30.3 Å². The third kappa shape index (κ3) is 2.30. The second-order valence-electron chi connectivity index (χ2n) is 6.71. The minimum atomic E-state index is -1.88. The van der Waals surface area contributed by atoms with Gasteiger partial charge in [-0.1, -0.05) is 0 Å². The van der Waals surface area contributed by atoms with Gasteiger partial charge in [-0.3, -0.25) is 0 Å². The molecule has 2 heterocycles. The van der Waals surface area contributed by atoms with Crippen molar-refractivity contribution in [1.82, 2.24) is 0 Å². The Hall–Kier alpha value is -0.344. The third-order valence-corrected chi connectivity index (χ3v) is 32.8. The van der Waals surface area contributed by atoms with Gasteiger partial charge < -0.3 is 0 Å². The topological polar surface area (TPSA) is 9.23 Å². The van der Waals surface area contributed by atoms with E-state index in [2.05, 4.69) is 68.2 Å². The molecular weight excluding hydrogens is 406 g/mol. The fraction of sp³-hybridized carbons (Fsp3) is 0.294. The first-order chi connectivity index (χ1) is 9.99. The van der Waals surface area contributed by atoms with Gasteiger partial charge in [0, 0.05) is 0 Å². The molecule has 21 heavy (non-hydrogen) atoms. The molecule has 2 aromatic rings. The van der Waals surface area contributed by atoms with Gasteiger partial charge in [0.1, 0.15) is 0 Å². The molecule has 0 spiro atoms. The molecular formula is C17H21OSe2Si+. The van der Waals surface area contributed by atoms with Gasteiger partial charge in [0.05, 0.1) is 0 Å². The summed E-state index contributed by atoms with van der Waals surface area (Å²) >= 11 is -2.81. The molecule has 0 aliphatic carbocycles. The Bertz CT molecular complexity index is 658. The van der Waals surface area contributed by atoms with E-state index in [0.717, 1.165) is 0 Å². The average Bonchev–Trinajstić information content (AvgIpc) is 2.85. The molecule has 2 aliphatic rings. The molecule has 1 nitrogen and oxygen atoms in total. The van der Waals surface area contributed by atoms with Crippen LogP contribution in [0.25, 0.3) is 0 Å². The first-order valence-corrected chi connectivity index (χ1v) is 20.0. The zero-order valence-corrected chi connectivity index (χ0v) is 17.2. The van der Waals surface area contributed by atoms with Crippen LogP contribution in [0.15, 0.2) is 48.5 Å². The van der Waals surface area contributed by atoms with Crippen LogP contribution < -0.4 is 8.92 Å². The molecule has 4 heteroatoms. The Morgan fingerprint density at radius 1 is 0.857 bits per heavy atom. The van der Waals surface area contributed by atoms with Crippen LogP contribution in [-0.2, 0) is 14.1 Å². The molecule has 0 bridgehead atoms. The predicted octanol–water partition coefficient (Wildman–Crippen LogP) is 2.36. The molecule has 0 saturated heterocycles. The van der Waals surface area contributed by atoms with Gasteiger partial charge in [-0.15, -0.1) is 0 Å². The maximum absolute atomic E-state index is 7.03. The van der Waals surface area contributed by atoms with E-state index in [9.17, 15) is 0 Å². The van der Waals surface area contributed by atoms with E-state index < -0.39 is 31.7 Å². The van der Waals surface area contributed by atoms with Gasteiger partial charge in [0.2, 0.25) is 0 Å². The summed E-state index contributed by atoms with van der Waals surface area (Å²) in [6, 6.07) is 18.4. The molecule has 2 aromatic carbocycles. The molecule has 0 unspecified atom stereocenters. The number of fused-ring (bicyclic) bond motifs is 5. The van der Waals surface area contributed by atoms with Crippen LogP contribution in [0.5, 0.6) is 0 Å². The number of benzene rings is 2. The van der Waals surface area contributed by atoms with Crippen molar-refractivity contribution in [2.75, 3.05) is 0 Å². The molecule has 0 atom stereocenters. The van der Waals surface area contributed by atoms with Gasteiger partial charge in [0.15, 0.2) is 0 Å². The molecule has 0 radical (unpaired) electrons. The van der Waals surface area contributed by atoms with Crippen molar-refractivity contribution in [3.8, 4) is 0 Å². The normalized spacial score (nSPS) is 29.4. The van der Waals surface area contributed by atoms with Gasteiger partial charge in [0.25, 0.3) is 0 Å². The van der Waals surface area contributed by atoms with Gasteiger partial charge >= 0.3 is 134 Å². The Labute approximate surface area is 133 Å². The maximum atomic E-state index is 7.03. The molecule has 0 N–H and O–H groups in total. The summed E-state index contributed by atoms with van der Waals surface area (Å²) in [5, 5.41) is 2.55. The number of hydrogen-bond acceptors (Lipinski definition) is 1. The van der Waals surface area contributed by atoms with E-state index in [-0.39, 0.29) is 0 Å². The van der Waals surface area contributed by atoms with E-state index in [1.54, 1.807) is 20.1 Å². The Morgan fingerprint density at radius 2 is 1.33 bits per heavy atom. The summed E-state index contributed by atoms with van der Waals surface area (Å²) in [6.07, 6.45) is 0. The Balaban J connectivity index is 1.89. The fourth-order valence-corrected chi connectivity index (χ4v) is 45.2.